The SMILES string of the molecule is C.CC#CCOOOO.COc1cc(-c2cc(C3CC4CCC3N4)cnc2F)ccn1.COc1cc(-c2cc(C3CC4CCC3N4)cnc2F)ccn1.COc1cc(B2OC(C)(C)C(C)(C)O2)ccn1.Fc1ncc(C2CC3CCC2N3)cc1Br. The molecular weight excluding hydrogens is 1160 g/mol. The molecule has 6 aromatic heterocycles. The van der Waals surface area contributed by atoms with Crippen LogP contribution in [0.1, 0.15) is 134 Å². The van der Waals surface area contributed by atoms with E-state index in [4.69, 9.17) is 28.8 Å². The smallest absolute Gasteiger partial charge is 0.481 e. The Morgan fingerprint density at radius 1 is 0.600 bits per heavy atom. The Labute approximate surface area is 504 Å². The lowest BCUT2D eigenvalue weighted by atomic mass is 9.80. The van der Waals surface area contributed by atoms with Gasteiger partial charge in [-0.15, -0.1) is 5.92 Å². The summed E-state index contributed by atoms with van der Waals surface area (Å²) in [4.78, 5) is 28.0. The molecule has 454 valence electrons. The number of hydrogen-bond donors (Lipinski definition) is 4. The molecule has 4 N–H and O–H groups in total. The number of nitrogens with zero attached hydrogens (tertiary/aromatic N) is 6. The van der Waals surface area contributed by atoms with Crippen LogP contribution in [0, 0.1) is 29.7 Å². The maximum Gasteiger partial charge on any atom is 0.495 e. The van der Waals surface area contributed by atoms with Crippen molar-refractivity contribution in [1.82, 2.24) is 45.9 Å². The predicted octanol–water partition coefficient (Wildman–Crippen LogP) is 10.8. The summed E-state index contributed by atoms with van der Waals surface area (Å²) >= 11 is 3.19. The second kappa shape index (κ2) is 29.5. The second-order valence-corrected chi connectivity index (χ2v) is 23.5. The summed E-state index contributed by atoms with van der Waals surface area (Å²) in [5, 5.41) is 25.0. The third-order valence-corrected chi connectivity index (χ3v) is 17.7. The first kappa shape index (κ1) is 64.8. The zero-order valence-electron chi connectivity index (χ0n) is 48.4. The normalized spacial score (nSPS) is 24.6. The van der Waals surface area contributed by atoms with Crippen LogP contribution in [0.2, 0.25) is 0 Å². The minimum atomic E-state index is -0.451. The molecule has 9 atom stereocenters. The number of hydrogen-bond acceptors (Lipinski definition) is 18. The molecule has 7 fully saturated rings. The van der Waals surface area contributed by atoms with Crippen molar-refractivity contribution >= 4 is 28.5 Å². The zero-order chi connectivity index (χ0) is 59.5. The molecule has 0 amide bonds. The summed E-state index contributed by atoms with van der Waals surface area (Å²) in [6, 6.07) is 20.0. The Bertz CT molecular complexity index is 3120. The van der Waals surface area contributed by atoms with E-state index in [-0.39, 0.29) is 32.4 Å². The standard InChI is InChI=1S/2C17H18FN3O.C12H18BNO3.C11H12BrFN2.C4H6O4.CH4/c2*1-22-16-7-10(4-5-19-16)14-6-11(9-20-17(14)18)13-8-12-2-3-15(13)21-12;1-11(2)12(3,4)17-13(16-11)9-6-7-14-10(8-9)15-5;12-9-3-6(5-14-11(9)13)8-4-7-1-2-10(8)15-7;1-2-3-4-6-8-7-5;/h2*4-7,9,12-13,15,21H,2-3,8H2,1H3;6-8H,1-5H3;3,5,7-8,10,15H,1-2,4H2;5H,4H2,1H3;1H4. The van der Waals surface area contributed by atoms with E-state index >= 15 is 0 Å². The minimum Gasteiger partial charge on any atom is -0.481 e. The maximum absolute atomic E-state index is 14.2. The molecule has 13 rings (SSSR count). The van der Waals surface area contributed by atoms with Crippen LogP contribution < -0.4 is 35.6 Å². The second-order valence-electron chi connectivity index (χ2n) is 22.6. The van der Waals surface area contributed by atoms with Crippen molar-refractivity contribution in [3.63, 3.8) is 0 Å². The van der Waals surface area contributed by atoms with Gasteiger partial charge in [0.25, 0.3) is 0 Å². The molecule has 0 aromatic carbocycles. The quantitative estimate of drug-likeness (QED) is 0.0224. The fourth-order valence-corrected chi connectivity index (χ4v) is 12.5. The fraction of sp³-hybridized carbons (Fsp3) is 0.484. The molecule has 9 unspecified atom stereocenters. The molecule has 6 bridgehead atoms. The molecule has 85 heavy (non-hydrogen) atoms. The van der Waals surface area contributed by atoms with E-state index in [1.165, 1.54) is 44.9 Å². The first-order valence-electron chi connectivity index (χ1n) is 28.3. The molecule has 7 aliphatic rings. The molecule has 6 aromatic rings. The molecule has 23 heteroatoms. The van der Waals surface area contributed by atoms with Gasteiger partial charge in [0.15, 0.2) is 0 Å². The van der Waals surface area contributed by atoms with E-state index in [1.807, 2.05) is 58.0 Å². The van der Waals surface area contributed by atoms with E-state index in [0.29, 0.717) is 87.2 Å². The van der Waals surface area contributed by atoms with Crippen LogP contribution in [0.4, 0.5) is 13.2 Å². The summed E-state index contributed by atoms with van der Waals surface area (Å²) in [5.41, 5.74) is 6.19. The molecule has 0 spiro atoms. The Morgan fingerprint density at radius 3 is 1.39 bits per heavy atom. The third kappa shape index (κ3) is 15.9. The van der Waals surface area contributed by atoms with E-state index in [1.54, 1.807) is 89.7 Å². The Balaban J connectivity index is 0.000000142. The Kier molecular flexibility index (Phi) is 22.5. The molecular formula is C62H76BBrF3N9O9. The summed E-state index contributed by atoms with van der Waals surface area (Å²) in [6.45, 7) is 9.87. The Morgan fingerprint density at radius 2 is 1.01 bits per heavy atom. The van der Waals surface area contributed by atoms with Crippen LogP contribution in [0.5, 0.6) is 17.6 Å². The van der Waals surface area contributed by atoms with Gasteiger partial charge in [-0.25, -0.2) is 35.2 Å². The average Bonchev–Trinajstić information content (AvgIpc) is 3.10. The fourth-order valence-electron chi connectivity index (χ4n) is 12.1. The molecule has 18 nitrogen and oxygen atoms in total. The average molecular weight is 1240 g/mol. The van der Waals surface area contributed by atoms with Gasteiger partial charge in [-0.05, 0) is 188 Å². The van der Waals surface area contributed by atoms with Crippen molar-refractivity contribution in [2.45, 2.75) is 165 Å². The van der Waals surface area contributed by atoms with Crippen molar-refractivity contribution in [2.75, 3.05) is 27.9 Å². The number of aromatic nitrogens is 6. The van der Waals surface area contributed by atoms with E-state index in [9.17, 15) is 13.2 Å². The van der Waals surface area contributed by atoms with Crippen molar-refractivity contribution < 1.29 is 56.9 Å². The highest BCUT2D eigenvalue weighted by Crippen LogP contribution is 2.44. The highest BCUT2D eigenvalue weighted by Gasteiger charge is 2.52. The lowest BCUT2D eigenvalue weighted by Crippen LogP contribution is -2.41. The number of fused-ring (bicyclic) bond motifs is 6. The number of rotatable bonds is 12. The van der Waals surface area contributed by atoms with E-state index < -0.39 is 17.8 Å². The van der Waals surface area contributed by atoms with Crippen molar-refractivity contribution in [2.24, 2.45) is 0 Å². The number of methoxy groups -OCH3 is 3. The lowest BCUT2D eigenvalue weighted by Gasteiger charge is -2.32. The van der Waals surface area contributed by atoms with Gasteiger partial charge >= 0.3 is 7.12 Å². The van der Waals surface area contributed by atoms with Gasteiger partial charge in [0.2, 0.25) is 35.5 Å². The van der Waals surface area contributed by atoms with Gasteiger partial charge in [-0.2, -0.15) is 18.1 Å². The molecule has 7 aliphatic heterocycles. The van der Waals surface area contributed by atoms with Crippen LogP contribution in [-0.2, 0) is 24.3 Å². The summed E-state index contributed by atoms with van der Waals surface area (Å²) < 4.78 is 69.1. The number of nitrogens with one attached hydrogen (secondary N) is 3. The maximum atomic E-state index is 14.2. The first-order valence-corrected chi connectivity index (χ1v) is 29.0. The third-order valence-electron chi connectivity index (χ3n) is 17.1. The van der Waals surface area contributed by atoms with E-state index in [0.717, 1.165) is 46.1 Å². The zero-order valence-corrected chi connectivity index (χ0v) is 50.0. The summed E-state index contributed by atoms with van der Waals surface area (Å²) in [5.74, 6) is 6.62. The van der Waals surface area contributed by atoms with Gasteiger partial charge in [0, 0.05) is 121 Å². The van der Waals surface area contributed by atoms with Gasteiger partial charge in [-0.3, -0.25) is 0 Å². The van der Waals surface area contributed by atoms with Crippen molar-refractivity contribution in [3.05, 3.63) is 131 Å². The van der Waals surface area contributed by atoms with Crippen LogP contribution in [0.25, 0.3) is 22.3 Å². The molecule has 13 heterocycles. The lowest BCUT2D eigenvalue weighted by molar-refractivity contribution is -0.620. The van der Waals surface area contributed by atoms with Crippen LogP contribution in [-0.4, -0.2) is 118 Å². The first-order chi connectivity index (χ1) is 40.5. The monoisotopic (exact) mass is 1240 g/mol. The number of halogens is 4. The Hall–Kier alpha value is -6.17. The molecule has 7 saturated heterocycles. The number of pyridine rings is 6. The van der Waals surface area contributed by atoms with Gasteiger partial charge in [0.1, 0.15) is 6.61 Å². The predicted molar refractivity (Wildman–Crippen MR) is 319 cm³/mol. The van der Waals surface area contributed by atoms with Crippen LogP contribution >= 0.6 is 15.9 Å². The van der Waals surface area contributed by atoms with Crippen LogP contribution in [0.3, 0.4) is 0 Å². The van der Waals surface area contributed by atoms with Crippen molar-refractivity contribution in [1.29, 1.82) is 0 Å². The van der Waals surface area contributed by atoms with Gasteiger partial charge < -0.3 is 39.5 Å². The topological polar surface area (TPSA) is 207 Å². The minimum absolute atomic E-state index is 0. The molecule has 0 radical (unpaired) electrons. The highest BCUT2D eigenvalue weighted by atomic mass is 79.9. The highest BCUT2D eigenvalue weighted by molar-refractivity contribution is 9.10. The van der Waals surface area contributed by atoms with Gasteiger partial charge in [-0.1, -0.05) is 13.3 Å². The molecule has 0 saturated carbocycles. The van der Waals surface area contributed by atoms with Gasteiger partial charge in [0.05, 0.1) is 37.0 Å². The summed E-state index contributed by atoms with van der Waals surface area (Å²) in [6.07, 6.45) is 20.8. The number of ether oxygens (including phenoxy) is 3. The van der Waals surface area contributed by atoms with E-state index in [2.05, 4.69) is 88.6 Å². The largest absolute Gasteiger partial charge is 0.495 e. The summed E-state index contributed by atoms with van der Waals surface area (Å²) in [7, 11) is 4.34. The molecule has 0 aliphatic carbocycles. The van der Waals surface area contributed by atoms with Crippen molar-refractivity contribution in [3.8, 4) is 51.7 Å². The van der Waals surface area contributed by atoms with Crippen LogP contribution in [0.15, 0.2) is 96.3 Å².